The second-order valence-electron chi connectivity index (χ2n) is 5.83. The van der Waals surface area contributed by atoms with Gasteiger partial charge in [0.05, 0.1) is 18.2 Å². The predicted molar refractivity (Wildman–Crippen MR) is 110 cm³/mol. The van der Waals surface area contributed by atoms with Crippen molar-refractivity contribution in [1.82, 2.24) is 15.4 Å². The lowest BCUT2D eigenvalue weighted by atomic mass is 10.1. The summed E-state index contributed by atoms with van der Waals surface area (Å²) >= 11 is 12.7. The zero-order valence-corrected chi connectivity index (χ0v) is 17.4. The summed E-state index contributed by atoms with van der Waals surface area (Å²) in [5.41, 5.74) is 1.61. The predicted octanol–water partition coefficient (Wildman–Crippen LogP) is 4.93. The van der Waals surface area contributed by atoms with E-state index in [1.165, 1.54) is 0 Å². The van der Waals surface area contributed by atoms with Crippen molar-refractivity contribution in [1.29, 1.82) is 0 Å². The number of hydrogen-bond acceptors (Lipinski definition) is 6. The highest BCUT2D eigenvalue weighted by molar-refractivity contribution is 6.33. The molecule has 7 nitrogen and oxygen atoms in total. The summed E-state index contributed by atoms with van der Waals surface area (Å²) in [6, 6.07) is 10.7. The Morgan fingerprint density at radius 3 is 2.48 bits per heavy atom. The maximum atomic E-state index is 12.1. The molecule has 1 heterocycles. The molecule has 0 aliphatic carbocycles. The second kappa shape index (κ2) is 9.62. The van der Waals surface area contributed by atoms with Crippen molar-refractivity contribution < 1.29 is 19.0 Å². The van der Waals surface area contributed by atoms with Gasteiger partial charge < -0.3 is 14.2 Å². The molecule has 0 amide bonds. The average Bonchev–Trinajstić information content (AvgIpc) is 3.19. The van der Waals surface area contributed by atoms with Crippen LogP contribution in [0.3, 0.4) is 0 Å². The van der Waals surface area contributed by atoms with Crippen LogP contribution in [0.25, 0.3) is 11.3 Å². The van der Waals surface area contributed by atoms with Gasteiger partial charge in [-0.05, 0) is 26.0 Å². The largest absolute Gasteiger partial charge is 0.490 e. The number of carbonyl (C=O) groups is 1. The third kappa shape index (κ3) is 4.81. The molecule has 1 aromatic heterocycles. The fraction of sp³-hybridized carbons (Fsp3) is 0.250. The molecule has 0 aliphatic rings. The monoisotopic (exact) mass is 435 g/mol. The van der Waals surface area contributed by atoms with Gasteiger partial charge in [0.1, 0.15) is 12.3 Å². The Morgan fingerprint density at radius 2 is 1.76 bits per heavy atom. The standard InChI is InChI=1S/C20H19Cl2N3O4/c1-3-27-16-9-13(18-19(24-25-23-18)20(26)28-4-2)15(22)10-17(16)29-11-12-7-5-6-8-14(12)21/h5-10H,3-4,11H2,1-2H3,(H,23,24,25). The van der Waals surface area contributed by atoms with E-state index in [1.54, 1.807) is 25.1 Å². The SMILES string of the molecule is CCOC(=O)c1n[nH]nc1-c1cc(OCC)c(OCc2ccccc2Cl)cc1Cl. The fourth-order valence-electron chi connectivity index (χ4n) is 2.63. The molecule has 0 spiro atoms. The Balaban J connectivity index is 1.94. The number of benzene rings is 2. The summed E-state index contributed by atoms with van der Waals surface area (Å²) in [5.74, 6) is 0.308. The van der Waals surface area contributed by atoms with Crippen molar-refractivity contribution in [3.63, 3.8) is 0 Å². The van der Waals surface area contributed by atoms with Crippen LogP contribution in [0.15, 0.2) is 36.4 Å². The van der Waals surface area contributed by atoms with Crippen molar-refractivity contribution in [2.24, 2.45) is 0 Å². The van der Waals surface area contributed by atoms with E-state index in [1.807, 2.05) is 25.1 Å². The highest BCUT2D eigenvalue weighted by Crippen LogP contribution is 2.39. The van der Waals surface area contributed by atoms with Crippen LogP contribution < -0.4 is 9.47 Å². The number of halogens is 2. The first kappa shape index (κ1) is 21.0. The van der Waals surface area contributed by atoms with Gasteiger partial charge in [0.2, 0.25) is 0 Å². The number of rotatable bonds is 8. The maximum absolute atomic E-state index is 12.1. The van der Waals surface area contributed by atoms with Crippen molar-refractivity contribution in [3.8, 4) is 22.8 Å². The summed E-state index contributed by atoms with van der Waals surface area (Å²) in [7, 11) is 0. The number of aromatic nitrogens is 3. The number of carbonyl (C=O) groups excluding carboxylic acids is 1. The van der Waals surface area contributed by atoms with Gasteiger partial charge in [-0.2, -0.15) is 10.3 Å². The number of H-pyrrole nitrogens is 1. The topological polar surface area (TPSA) is 86.3 Å². The zero-order valence-electron chi connectivity index (χ0n) is 15.9. The maximum Gasteiger partial charge on any atom is 0.361 e. The van der Waals surface area contributed by atoms with Crippen LogP contribution in [-0.4, -0.2) is 34.6 Å². The molecule has 0 unspecified atom stereocenters. The summed E-state index contributed by atoms with van der Waals surface area (Å²) in [6.07, 6.45) is 0. The van der Waals surface area contributed by atoms with E-state index in [9.17, 15) is 4.79 Å². The molecule has 9 heteroatoms. The van der Waals surface area contributed by atoms with Crippen LogP contribution in [0.5, 0.6) is 11.5 Å². The molecule has 1 N–H and O–H groups in total. The lowest BCUT2D eigenvalue weighted by Gasteiger charge is -2.15. The van der Waals surface area contributed by atoms with Crippen LogP contribution in [0.2, 0.25) is 10.0 Å². The molecule has 0 aliphatic heterocycles. The quantitative estimate of drug-likeness (QED) is 0.504. The summed E-state index contributed by atoms with van der Waals surface area (Å²) < 4.78 is 16.6. The molecule has 0 saturated carbocycles. The van der Waals surface area contributed by atoms with E-state index >= 15 is 0 Å². The van der Waals surface area contributed by atoms with Gasteiger partial charge in [-0.25, -0.2) is 4.79 Å². The smallest absolute Gasteiger partial charge is 0.361 e. The first-order chi connectivity index (χ1) is 14.0. The summed E-state index contributed by atoms with van der Waals surface area (Å²) in [6.45, 7) is 4.44. The van der Waals surface area contributed by atoms with Crippen molar-refractivity contribution in [3.05, 3.63) is 57.7 Å². The molecule has 0 atom stereocenters. The van der Waals surface area contributed by atoms with Crippen molar-refractivity contribution in [2.45, 2.75) is 20.5 Å². The first-order valence-electron chi connectivity index (χ1n) is 8.95. The van der Waals surface area contributed by atoms with Gasteiger partial charge in [0, 0.05) is 22.2 Å². The van der Waals surface area contributed by atoms with Gasteiger partial charge >= 0.3 is 5.97 Å². The minimum absolute atomic E-state index is 0.0425. The number of hydrogen-bond donors (Lipinski definition) is 1. The number of nitrogens with zero attached hydrogens (tertiary/aromatic N) is 2. The van der Waals surface area contributed by atoms with Gasteiger partial charge in [-0.1, -0.05) is 41.4 Å². The van der Waals surface area contributed by atoms with Crippen molar-refractivity contribution >= 4 is 29.2 Å². The van der Waals surface area contributed by atoms with E-state index in [0.717, 1.165) is 5.56 Å². The molecule has 0 radical (unpaired) electrons. The average molecular weight is 436 g/mol. The van der Waals surface area contributed by atoms with E-state index in [4.69, 9.17) is 37.4 Å². The van der Waals surface area contributed by atoms with Crippen molar-refractivity contribution in [2.75, 3.05) is 13.2 Å². The van der Waals surface area contributed by atoms with Crippen LogP contribution in [0, 0.1) is 0 Å². The molecule has 3 aromatic rings. The van der Waals surface area contributed by atoms with Gasteiger partial charge in [0.25, 0.3) is 0 Å². The lowest BCUT2D eigenvalue weighted by molar-refractivity contribution is 0.0520. The number of ether oxygens (including phenoxy) is 3. The molecule has 2 aromatic carbocycles. The Bertz CT molecular complexity index is 1010. The number of esters is 1. The zero-order chi connectivity index (χ0) is 20.8. The third-order valence-corrected chi connectivity index (χ3v) is 4.63. The summed E-state index contributed by atoms with van der Waals surface area (Å²) in [4.78, 5) is 12.1. The van der Waals surface area contributed by atoms with Gasteiger partial charge in [0.15, 0.2) is 17.2 Å². The van der Waals surface area contributed by atoms with E-state index < -0.39 is 5.97 Å². The highest BCUT2D eigenvalue weighted by Gasteiger charge is 2.23. The van der Waals surface area contributed by atoms with Gasteiger partial charge in [-0.3, -0.25) is 0 Å². The molecule has 152 valence electrons. The Labute approximate surface area is 177 Å². The van der Waals surface area contributed by atoms with E-state index in [2.05, 4.69) is 15.4 Å². The molecule has 0 saturated heterocycles. The van der Waals surface area contributed by atoms with Gasteiger partial charge in [-0.15, -0.1) is 5.10 Å². The molecular weight excluding hydrogens is 417 g/mol. The number of nitrogens with one attached hydrogen (secondary N) is 1. The third-order valence-electron chi connectivity index (χ3n) is 3.95. The van der Waals surface area contributed by atoms with Crippen LogP contribution in [0.4, 0.5) is 0 Å². The van der Waals surface area contributed by atoms with E-state index in [-0.39, 0.29) is 24.6 Å². The molecule has 3 rings (SSSR count). The minimum atomic E-state index is -0.593. The second-order valence-corrected chi connectivity index (χ2v) is 6.65. The fourth-order valence-corrected chi connectivity index (χ4v) is 3.06. The Hall–Kier alpha value is -2.77. The minimum Gasteiger partial charge on any atom is -0.490 e. The lowest BCUT2D eigenvalue weighted by Crippen LogP contribution is -2.07. The molecule has 29 heavy (non-hydrogen) atoms. The molecule has 0 fully saturated rings. The highest BCUT2D eigenvalue weighted by atomic mass is 35.5. The normalized spacial score (nSPS) is 10.6. The summed E-state index contributed by atoms with van der Waals surface area (Å²) in [5, 5.41) is 11.3. The molecular formula is C20H19Cl2N3O4. The number of aromatic amines is 1. The van der Waals surface area contributed by atoms with E-state index in [0.29, 0.717) is 33.7 Å². The van der Waals surface area contributed by atoms with Crippen LogP contribution in [0.1, 0.15) is 29.9 Å². The Kier molecular flexibility index (Phi) is 6.95. The molecule has 0 bridgehead atoms. The van der Waals surface area contributed by atoms with Crippen LogP contribution in [-0.2, 0) is 11.3 Å². The van der Waals surface area contributed by atoms with Crippen LogP contribution >= 0.6 is 23.2 Å². The Morgan fingerprint density at radius 1 is 1.00 bits per heavy atom. The first-order valence-corrected chi connectivity index (χ1v) is 9.71.